The van der Waals surface area contributed by atoms with Crippen molar-refractivity contribution in [3.8, 4) is 5.75 Å². The molecule has 1 unspecified atom stereocenters. The summed E-state index contributed by atoms with van der Waals surface area (Å²) in [6.45, 7) is 1.90. The summed E-state index contributed by atoms with van der Waals surface area (Å²) >= 11 is 0. The molecule has 0 bridgehead atoms. The molecule has 0 fully saturated rings. The van der Waals surface area contributed by atoms with E-state index in [-0.39, 0.29) is 5.82 Å². The molecule has 0 saturated heterocycles. The van der Waals surface area contributed by atoms with E-state index in [0.717, 1.165) is 5.56 Å². The third-order valence-corrected chi connectivity index (χ3v) is 3.07. The van der Waals surface area contributed by atoms with Gasteiger partial charge < -0.3 is 4.74 Å². The molecule has 2 aromatic rings. The van der Waals surface area contributed by atoms with Crippen LogP contribution in [0.5, 0.6) is 5.75 Å². The number of hydrazine groups is 1. The molecule has 19 heavy (non-hydrogen) atoms. The van der Waals surface area contributed by atoms with E-state index in [9.17, 15) is 4.39 Å². The summed E-state index contributed by atoms with van der Waals surface area (Å²) in [7, 11) is 3.30. The summed E-state index contributed by atoms with van der Waals surface area (Å²) in [5.41, 5.74) is 4.72. The molecule has 0 aliphatic rings. The van der Waals surface area contributed by atoms with Crippen molar-refractivity contribution in [1.29, 1.82) is 0 Å². The first kappa shape index (κ1) is 13.5. The molecule has 2 rings (SSSR count). The van der Waals surface area contributed by atoms with Crippen molar-refractivity contribution in [3.05, 3.63) is 47.0 Å². The summed E-state index contributed by atoms with van der Waals surface area (Å²) < 4.78 is 20.9. The Hall–Kier alpha value is -1.92. The summed E-state index contributed by atoms with van der Waals surface area (Å²) in [5.74, 6) is 5.83. The number of nitrogens with one attached hydrogen (secondary N) is 1. The first-order chi connectivity index (χ1) is 9.08. The van der Waals surface area contributed by atoms with Gasteiger partial charge in [0.2, 0.25) is 0 Å². The lowest BCUT2D eigenvalue weighted by molar-refractivity contribution is 0.400. The molecule has 0 spiro atoms. The minimum Gasteiger partial charge on any atom is -0.493 e. The van der Waals surface area contributed by atoms with E-state index in [0.29, 0.717) is 17.0 Å². The highest BCUT2D eigenvalue weighted by Gasteiger charge is 2.24. The number of halogens is 1. The molecular weight excluding hydrogens is 247 g/mol. The zero-order valence-corrected chi connectivity index (χ0v) is 11.1. The van der Waals surface area contributed by atoms with E-state index in [1.165, 1.54) is 6.07 Å². The number of nitrogens with zero attached hydrogens (tertiary/aromatic N) is 2. The average molecular weight is 264 g/mol. The highest BCUT2D eigenvalue weighted by Crippen LogP contribution is 2.30. The fourth-order valence-corrected chi connectivity index (χ4v) is 2.11. The molecule has 0 aliphatic carbocycles. The van der Waals surface area contributed by atoms with E-state index in [4.69, 9.17) is 10.6 Å². The fraction of sp³-hybridized carbons (Fsp3) is 0.308. The lowest BCUT2D eigenvalue weighted by atomic mass is 10.0. The van der Waals surface area contributed by atoms with Gasteiger partial charge in [-0.25, -0.2) is 9.82 Å². The first-order valence-electron chi connectivity index (χ1n) is 5.86. The Morgan fingerprint density at radius 3 is 2.84 bits per heavy atom. The minimum atomic E-state index is -0.526. The van der Waals surface area contributed by atoms with Gasteiger partial charge in [-0.1, -0.05) is 17.7 Å². The lowest BCUT2D eigenvalue weighted by Crippen LogP contribution is -2.31. The number of hydrogen-bond acceptors (Lipinski definition) is 4. The van der Waals surface area contributed by atoms with Crippen molar-refractivity contribution < 1.29 is 9.13 Å². The number of benzene rings is 1. The number of aryl methyl sites for hydroxylation is 2. The van der Waals surface area contributed by atoms with Crippen LogP contribution in [0.15, 0.2) is 24.4 Å². The monoisotopic (exact) mass is 264 g/mol. The third kappa shape index (κ3) is 2.45. The summed E-state index contributed by atoms with van der Waals surface area (Å²) in [5, 5.41) is 4.11. The minimum absolute atomic E-state index is 0.322. The van der Waals surface area contributed by atoms with Gasteiger partial charge in [0, 0.05) is 12.6 Å². The van der Waals surface area contributed by atoms with Crippen LogP contribution in [-0.2, 0) is 7.05 Å². The van der Waals surface area contributed by atoms with E-state index in [2.05, 4.69) is 10.5 Å². The van der Waals surface area contributed by atoms with Crippen LogP contribution in [0.4, 0.5) is 4.39 Å². The van der Waals surface area contributed by atoms with E-state index >= 15 is 0 Å². The molecule has 6 heteroatoms. The van der Waals surface area contributed by atoms with Crippen molar-refractivity contribution in [2.24, 2.45) is 12.9 Å². The molecule has 1 heterocycles. The number of hydrogen-bond donors (Lipinski definition) is 2. The van der Waals surface area contributed by atoms with Gasteiger partial charge in [0.25, 0.3) is 0 Å². The molecule has 102 valence electrons. The number of methoxy groups -OCH3 is 1. The molecule has 0 radical (unpaired) electrons. The van der Waals surface area contributed by atoms with E-state index in [1.807, 2.05) is 6.92 Å². The molecule has 5 nitrogen and oxygen atoms in total. The van der Waals surface area contributed by atoms with Crippen LogP contribution in [0.25, 0.3) is 0 Å². The fourth-order valence-electron chi connectivity index (χ4n) is 2.11. The van der Waals surface area contributed by atoms with Crippen molar-refractivity contribution in [1.82, 2.24) is 15.2 Å². The molecule has 1 atom stereocenters. The Morgan fingerprint density at radius 2 is 2.21 bits per heavy atom. The van der Waals surface area contributed by atoms with Crippen LogP contribution in [0.2, 0.25) is 0 Å². The average Bonchev–Trinajstić information content (AvgIpc) is 2.76. The van der Waals surface area contributed by atoms with Crippen molar-refractivity contribution in [2.75, 3.05) is 7.11 Å². The maximum absolute atomic E-state index is 14.0. The number of ether oxygens (including phenoxy) is 1. The van der Waals surface area contributed by atoms with Gasteiger partial charge in [-0.15, -0.1) is 0 Å². The standard InChI is InChI=1S/C13H17FN4O/c1-8-4-5-10(14)9(6-8)12(17-15)13-11(19-3)7-16-18(13)2/h4-7,12,17H,15H2,1-3H3. The Bertz CT molecular complexity index is 582. The highest BCUT2D eigenvalue weighted by molar-refractivity contribution is 5.38. The lowest BCUT2D eigenvalue weighted by Gasteiger charge is -2.19. The Labute approximate surface area is 111 Å². The normalized spacial score (nSPS) is 12.5. The quantitative estimate of drug-likeness (QED) is 0.647. The zero-order valence-electron chi connectivity index (χ0n) is 11.1. The smallest absolute Gasteiger partial charge is 0.161 e. The molecule has 0 saturated carbocycles. The van der Waals surface area contributed by atoms with Crippen LogP contribution >= 0.6 is 0 Å². The number of nitrogens with two attached hydrogens (primary N) is 1. The van der Waals surface area contributed by atoms with Crippen molar-refractivity contribution >= 4 is 0 Å². The second kappa shape index (κ2) is 5.38. The van der Waals surface area contributed by atoms with Gasteiger partial charge >= 0.3 is 0 Å². The predicted molar refractivity (Wildman–Crippen MR) is 70.1 cm³/mol. The molecule has 1 aromatic carbocycles. The highest BCUT2D eigenvalue weighted by atomic mass is 19.1. The van der Waals surface area contributed by atoms with Crippen LogP contribution < -0.4 is 16.0 Å². The SMILES string of the molecule is COc1cnn(C)c1C(NN)c1cc(C)ccc1F. The van der Waals surface area contributed by atoms with Gasteiger partial charge in [-0.05, 0) is 13.0 Å². The summed E-state index contributed by atoms with van der Waals surface area (Å²) in [6, 6.07) is 4.37. The zero-order chi connectivity index (χ0) is 14.0. The van der Waals surface area contributed by atoms with Gasteiger partial charge in [-0.2, -0.15) is 5.10 Å². The molecule has 0 aliphatic heterocycles. The summed E-state index contributed by atoms with van der Waals surface area (Å²) in [4.78, 5) is 0. The maximum atomic E-state index is 14.0. The second-order valence-electron chi connectivity index (χ2n) is 4.35. The first-order valence-corrected chi connectivity index (χ1v) is 5.86. The summed E-state index contributed by atoms with van der Waals surface area (Å²) in [6.07, 6.45) is 1.58. The van der Waals surface area contributed by atoms with Crippen LogP contribution in [0.3, 0.4) is 0 Å². The maximum Gasteiger partial charge on any atom is 0.161 e. The van der Waals surface area contributed by atoms with Gasteiger partial charge in [-0.3, -0.25) is 10.5 Å². The van der Waals surface area contributed by atoms with Gasteiger partial charge in [0.1, 0.15) is 11.5 Å². The topological polar surface area (TPSA) is 65.1 Å². The Kier molecular flexibility index (Phi) is 3.82. The predicted octanol–water partition coefficient (Wildman–Crippen LogP) is 1.43. The molecular formula is C13H17FN4O. The van der Waals surface area contributed by atoms with Gasteiger partial charge in [0.05, 0.1) is 19.3 Å². The Balaban J connectivity index is 2.56. The van der Waals surface area contributed by atoms with E-state index in [1.54, 1.807) is 37.2 Å². The van der Waals surface area contributed by atoms with Crippen molar-refractivity contribution in [3.63, 3.8) is 0 Å². The molecule has 0 amide bonds. The number of rotatable bonds is 4. The second-order valence-corrected chi connectivity index (χ2v) is 4.35. The van der Waals surface area contributed by atoms with E-state index < -0.39 is 6.04 Å². The van der Waals surface area contributed by atoms with Crippen LogP contribution in [-0.4, -0.2) is 16.9 Å². The van der Waals surface area contributed by atoms with Crippen molar-refractivity contribution in [2.45, 2.75) is 13.0 Å². The van der Waals surface area contributed by atoms with Gasteiger partial charge in [0.15, 0.2) is 5.75 Å². The van der Waals surface area contributed by atoms with Crippen LogP contribution in [0.1, 0.15) is 22.9 Å². The Morgan fingerprint density at radius 1 is 1.47 bits per heavy atom. The molecule has 1 aromatic heterocycles. The number of aromatic nitrogens is 2. The van der Waals surface area contributed by atoms with Crippen LogP contribution in [0, 0.1) is 12.7 Å². The largest absolute Gasteiger partial charge is 0.493 e. The third-order valence-electron chi connectivity index (χ3n) is 3.07. The molecule has 3 N–H and O–H groups in total.